The first-order chi connectivity index (χ1) is 8.68. The van der Waals surface area contributed by atoms with Crippen molar-refractivity contribution in [2.45, 2.75) is 6.54 Å². The number of hydrogen-bond acceptors (Lipinski definition) is 4. The fraction of sp³-hybridized carbons (Fsp3) is 0.0833. The molecule has 0 unspecified atom stereocenters. The Morgan fingerprint density at radius 1 is 1.28 bits per heavy atom. The molecule has 0 saturated heterocycles. The van der Waals surface area contributed by atoms with Crippen molar-refractivity contribution in [3.8, 4) is 0 Å². The van der Waals surface area contributed by atoms with Gasteiger partial charge in [0.2, 0.25) is 0 Å². The topological polar surface area (TPSA) is 75.1 Å². The third-order valence-corrected chi connectivity index (χ3v) is 2.33. The first-order valence-corrected chi connectivity index (χ1v) is 5.19. The Hall–Kier alpha value is -2.50. The molecule has 18 heavy (non-hydrogen) atoms. The maximum Gasteiger partial charge on any atom is 0.338 e. The van der Waals surface area contributed by atoms with Crippen molar-refractivity contribution >= 4 is 11.8 Å². The lowest BCUT2D eigenvalue weighted by atomic mass is 10.2. The molecule has 0 aliphatic heterocycles. The SMILES string of the molecule is O=C(O)c1ccnc(NCc2ccncc2)c1F. The number of halogens is 1. The average Bonchev–Trinajstić information content (AvgIpc) is 2.38. The van der Waals surface area contributed by atoms with Gasteiger partial charge in [-0.05, 0) is 23.8 Å². The molecule has 2 heterocycles. The highest BCUT2D eigenvalue weighted by atomic mass is 19.1. The summed E-state index contributed by atoms with van der Waals surface area (Å²) in [5.74, 6) is -2.26. The van der Waals surface area contributed by atoms with Crippen molar-refractivity contribution < 1.29 is 14.3 Å². The number of carboxylic acids is 1. The van der Waals surface area contributed by atoms with Crippen LogP contribution in [0.4, 0.5) is 10.2 Å². The summed E-state index contributed by atoms with van der Waals surface area (Å²) in [6, 6.07) is 4.66. The van der Waals surface area contributed by atoms with Crippen LogP contribution in [0.5, 0.6) is 0 Å². The Kier molecular flexibility index (Phi) is 3.47. The van der Waals surface area contributed by atoms with Crippen molar-refractivity contribution in [2.75, 3.05) is 5.32 Å². The van der Waals surface area contributed by atoms with Gasteiger partial charge in [-0.15, -0.1) is 0 Å². The largest absolute Gasteiger partial charge is 0.478 e. The summed E-state index contributed by atoms with van der Waals surface area (Å²) in [6.07, 6.45) is 4.49. The molecule has 0 aliphatic carbocycles. The number of carbonyl (C=O) groups is 1. The highest BCUT2D eigenvalue weighted by Gasteiger charge is 2.14. The van der Waals surface area contributed by atoms with Gasteiger partial charge in [-0.2, -0.15) is 0 Å². The molecule has 0 atom stereocenters. The van der Waals surface area contributed by atoms with E-state index in [0.29, 0.717) is 6.54 Å². The van der Waals surface area contributed by atoms with Crippen molar-refractivity contribution in [2.24, 2.45) is 0 Å². The van der Waals surface area contributed by atoms with Crippen LogP contribution in [-0.2, 0) is 6.54 Å². The summed E-state index contributed by atoms with van der Waals surface area (Å²) in [7, 11) is 0. The van der Waals surface area contributed by atoms with Gasteiger partial charge < -0.3 is 10.4 Å². The molecule has 0 fully saturated rings. The fourth-order valence-electron chi connectivity index (χ4n) is 1.42. The first kappa shape index (κ1) is 12.0. The molecule has 6 heteroatoms. The number of aromatic nitrogens is 2. The Morgan fingerprint density at radius 2 is 2.00 bits per heavy atom. The van der Waals surface area contributed by atoms with Gasteiger partial charge in [0.1, 0.15) is 5.56 Å². The Balaban J connectivity index is 2.15. The Morgan fingerprint density at radius 3 is 2.67 bits per heavy atom. The summed E-state index contributed by atoms with van der Waals surface area (Å²) in [4.78, 5) is 18.4. The molecule has 0 aromatic carbocycles. The van der Waals surface area contributed by atoms with E-state index in [1.54, 1.807) is 24.5 Å². The van der Waals surface area contributed by atoms with Gasteiger partial charge in [-0.3, -0.25) is 4.98 Å². The standard InChI is InChI=1S/C12H10FN3O2/c13-10-9(12(17)18)3-6-15-11(10)16-7-8-1-4-14-5-2-8/h1-6H,7H2,(H,15,16)(H,17,18). The molecule has 2 rings (SSSR count). The summed E-state index contributed by atoms with van der Waals surface area (Å²) >= 11 is 0. The summed E-state index contributed by atoms with van der Waals surface area (Å²) < 4.78 is 13.7. The molecule has 5 nitrogen and oxygen atoms in total. The molecule has 0 amide bonds. The molecule has 92 valence electrons. The van der Waals surface area contributed by atoms with E-state index in [1.807, 2.05) is 0 Å². The zero-order valence-electron chi connectivity index (χ0n) is 9.30. The second-order valence-electron chi connectivity index (χ2n) is 3.54. The van der Waals surface area contributed by atoms with Crippen molar-refractivity contribution in [3.05, 3.63) is 53.7 Å². The van der Waals surface area contributed by atoms with E-state index in [0.717, 1.165) is 11.6 Å². The lowest BCUT2D eigenvalue weighted by molar-refractivity contribution is 0.0692. The number of nitrogens with zero attached hydrogens (tertiary/aromatic N) is 2. The Bertz CT molecular complexity index is 561. The number of aromatic carboxylic acids is 1. The maximum atomic E-state index is 13.7. The lowest BCUT2D eigenvalue weighted by Crippen LogP contribution is -2.08. The third-order valence-electron chi connectivity index (χ3n) is 2.33. The minimum Gasteiger partial charge on any atom is -0.478 e. The van der Waals surface area contributed by atoms with Gasteiger partial charge in [0.15, 0.2) is 11.6 Å². The van der Waals surface area contributed by atoms with Crippen LogP contribution in [0, 0.1) is 5.82 Å². The van der Waals surface area contributed by atoms with Gasteiger partial charge in [0.05, 0.1) is 0 Å². The van der Waals surface area contributed by atoms with Crippen LogP contribution in [0.25, 0.3) is 0 Å². The molecule has 2 N–H and O–H groups in total. The lowest BCUT2D eigenvalue weighted by Gasteiger charge is -2.07. The molecule has 2 aromatic heterocycles. The van der Waals surface area contributed by atoms with Crippen molar-refractivity contribution in [1.82, 2.24) is 9.97 Å². The zero-order valence-corrected chi connectivity index (χ0v) is 9.30. The summed E-state index contributed by atoms with van der Waals surface area (Å²) in [5.41, 5.74) is 0.495. The predicted octanol–water partition coefficient (Wildman–Crippen LogP) is 1.93. The second-order valence-corrected chi connectivity index (χ2v) is 3.54. The minimum absolute atomic E-state index is 0.0771. The van der Waals surface area contributed by atoms with E-state index in [9.17, 15) is 9.18 Å². The third kappa shape index (κ3) is 2.60. The van der Waals surface area contributed by atoms with Crippen molar-refractivity contribution in [1.29, 1.82) is 0 Å². The van der Waals surface area contributed by atoms with E-state index in [4.69, 9.17) is 5.11 Å². The number of pyridine rings is 2. The monoisotopic (exact) mass is 247 g/mol. The molecule has 0 bridgehead atoms. The molecule has 0 saturated carbocycles. The van der Waals surface area contributed by atoms with E-state index >= 15 is 0 Å². The number of carboxylic acid groups (broad SMARTS) is 1. The van der Waals surface area contributed by atoms with Gasteiger partial charge >= 0.3 is 5.97 Å². The quantitative estimate of drug-likeness (QED) is 0.863. The van der Waals surface area contributed by atoms with E-state index in [1.165, 1.54) is 6.20 Å². The van der Waals surface area contributed by atoms with E-state index in [2.05, 4.69) is 15.3 Å². The first-order valence-electron chi connectivity index (χ1n) is 5.19. The highest BCUT2D eigenvalue weighted by Crippen LogP contribution is 2.15. The number of hydrogen-bond donors (Lipinski definition) is 2. The van der Waals surface area contributed by atoms with Crippen LogP contribution in [0.2, 0.25) is 0 Å². The molecule has 0 spiro atoms. The van der Waals surface area contributed by atoms with Crippen LogP contribution in [0.1, 0.15) is 15.9 Å². The highest BCUT2D eigenvalue weighted by molar-refractivity contribution is 5.88. The van der Waals surface area contributed by atoms with E-state index < -0.39 is 17.3 Å². The van der Waals surface area contributed by atoms with Crippen LogP contribution < -0.4 is 5.32 Å². The minimum atomic E-state index is -1.32. The van der Waals surface area contributed by atoms with Gasteiger partial charge in [0.25, 0.3) is 0 Å². The zero-order chi connectivity index (χ0) is 13.0. The number of rotatable bonds is 4. The number of anilines is 1. The molecule has 0 aliphatic rings. The summed E-state index contributed by atoms with van der Waals surface area (Å²) in [5, 5.41) is 11.5. The van der Waals surface area contributed by atoms with Crippen molar-refractivity contribution in [3.63, 3.8) is 0 Å². The normalized spacial score (nSPS) is 10.1. The van der Waals surface area contributed by atoms with Crippen LogP contribution in [0.3, 0.4) is 0 Å². The molecule has 2 aromatic rings. The summed E-state index contributed by atoms with van der Waals surface area (Å²) in [6.45, 7) is 0.343. The maximum absolute atomic E-state index is 13.7. The Labute approximate surface area is 102 Å². The second kappa shape index (κ2) is 5.22. The molecule has 0 radical (unpaired) electrons. The fourth-order valence-corrected chi connectivity index (χ4v) is 1.42. The molecular weight excluding hydrogens is 237 g/mol. The van der Waals surface area contributed by atoms with Crippen LogP contribution >= 0.6 is 0 Å². The van der Waals surface area contributed by atoms with Gasteiger partial charge in [0, 0.05) is 25.1 Å². The average molecular weight is 247 g/mol. The van der Waals surface area contributed by atoms with Gasteiger partial charge in [-0.25, -0.2) is 14.2 Å². The van der Waals surface area contributed by atoms with E-state index in [-0.39, 0.29) is 5.82 Å². The smallest absolute Gasteiger partial charge is 0.338 e. The molecular formula is C12H10FN3O2. The number of nitrogens with one attached hydrogen (secondary N) is 1. The van der Waals surface area contributed by atoms with Gasteiger partial charge in [-0.1, -0.05) is 0 Å². The predicted molar refractivity (Wildman–Crippen MR) is 62.7 cm³/mol. The van der Waals surface area contributed by atoms with Crippen LogP contribution in [0.15, 0.2) is 36.8 Å². The van der Waals surface area contributed by atoms with Crippen LogP contribution in [-0.4, -0.2) is 21.0 Å².